The summed E-state index contributed by atoms with van der Waals surface area (Å²) in [7, 11) is 0. The van der Waals surface area contributed by atoms with Gasteiger partial charge in [-0.3, -0.25) is 0 Å². The molecule has 3 aliphatic carbocycles. The summed E-state index contributed by atoms with van der Waals surface area (Å²) in [6, 6.07) is 0. The minimum atomic E-state index is 0.706. The van der Waals surface area contributed by atoms with Gasteiger partial charge in [-0.1, -0.05) is 33.6 Å². The third-order valence-electron chi connectivity index (χ3n) is 4.66. The molecule has 0 heteroatoms. The Labute approximate surface area is 76.7 Å². The summed E-state index contributed by atoms with van der Waals surface area (Å²) in [6.45, 7) is 7.32. The van der Waals surface area contributed by atoms with Crippen LogP contribution in [-0.2, 0) is 0 Å². The molecule has 2 bridgehead atoms. The van der Waals surface area contributed by atoms with Crippen LogP contribution in [-0.4, -0.2) is 0 Å². The molecule has 3 rings (SSSR count). The normalized spacial score (nSPS) is 43.8. The summed E-state index contributed by atoms with van der Waals surface area (Å²) in [4.78, 5) is 0. The van der Waals surface area contributed by atoms with Gasteiger partial charge in [0, 0.05) is 0 Å². The molecule has 0 aromatic carbocycles. The van der Waals surface area contributed by atoms with Crippen LogP contribution in [0.1, 0.15) is 52.9 Å². The van der Waals surface area contributed by atoms with E-state index in [1.165, 1.54) is 25.7 Å². The van der Waals surface area contributed by atoms with Crippen LogP contribution in [0.15, 0.2) is 0 Å². The Bertz CT molecular complexity index is 165. The van der Waals surface area contributed by atoms with Gasteiger partial charge in [0.15, 0.2) is 0 Å². The molecule has 0 aliphatic heterocycles. The zero-order valence-electron chi connectivity index (χ0n) is 8.77. The Morgan fingerprint density at radius 2 is 2.00 bits per heavy atom. The first-order valence-electron chi connectivity index (χ1n) is 5.66. The minimum absolute atomic E-state index is 0.706. The lowest BCUT2D eigenvalue weighted by molar-refractivity contribution is -0.106. The summed E-state index contributed by atoms with van der Waals surface area (Å²) in [5.41, 5.74) is 0.706. The van der Waals surface area contributed by atoms with Crippen molar-refractivity contribution in [3.05, 3.63) is 0 Å². The number of rotatable bonds is 2. The Hall–Kier alpha value is 0. The van der Waals surface area contributed by atoms with Crippen LogP contribution in [0.3, 0.4) is 0 Å². The Morgan fingerprint density at radius 3 is 2.50 bits per heavy atom. The second-order valence-corrected chi connectivity index (χ2v) is 5.49. The van der Waals surface area contributed by atoms with Crippen LogP contribution in [0.4, 0.5) is 0 Å². The van der Waals surface area contributed by atoms with E-state index in [1.54, 1.807) is 6.42 Å². The number of fused-ring (bicyclic) bond motifs is 2. The van der Waals surface area contributed by atoms with Crippen LogP contribution < -0.4 is 0 Å². The lowest BCUT2D eigenvalue weighted by Crippen LogP contribution is -2.52. The molecule has 3 fully saturated rings. The van der Waals surface area contributed by atoms with Crippen molar-refractivity contribution in [3.8, 4) is 0 Å². The lowest BCUT2D eigenvalue weighted by Gasteiger charge is -2.60. The molecular formula is C12H22. The standard InChI is InChI=1S/C12H22/c1-4-5-9-6-7-10-8-11(9)12(10,2)3/h9-11H,4-8H2,1-3H3/t9-,10+,11-/m1/s1. The largest absolute Gasteiger partial charge is 0.0654 e. The predicted molar refractivity (Wildman–Crippen MR) is 53.0 cm³/mol. The molecule has 0 nitrogen and oxygen atoms in total. The van der Waals surface area contributed by atoms with Gasteiger partial charge in [-0.05, 0) is 42.4 Å². The fourth-order valence-electron chi connectivity index (χ4n) is 3.68. The van der Waals surface area contributed by atoms with Crippen molar-refractivity contribution in [1.82, 2.24) is 0 Å². The van der Waals surface area contributed by atoms with Crippen LogP contribution in [0.5, 0.6) is 0 Å². The molecule has 0 radical (unpaired) electrons. The van der Waals surface area contributed by atoms with Crippen molar-refractivity contribution in [3.63, 3.8) is 0 Å². The van der Waals surface area contributed by atoms with Crippen molar-refractivity contribution in [1.29, 1.82) is 0 Å². The van der Waals surface area contributed by atoms with E-state index in [1.807, 2.05) is 0 Å². The van der Waals surface area contributed by atoms with Crippen molar-refractivity contribution >= 4 is 0 Å². The van der Waals surface area contributed by atoms with Gasteiger partial charge in [-0.25, -0.2) is 0 Å². The summed E-state index contributed by atoms with van der Waals surface area (Å²) < 4.78 is 0. The lowest BCUT2D eigenvalue weighted by atomic mass is 9.45. The SMILES string of the molecule is CCC[C@@H]1CC[C@H]2C[C@H]1C2(C)C. The Kier molecular flexibility index (Phi) is 1.97. The third-order valence-corrected chi connectivity index (χ3v) is 4.66. The molecule has 0 N–H and O–H groups in total. The fraction of sp³-hybridized carbons (Fsp3) is 1.00. The number of hydrogen-bond donors (Lipinski definition) is 0. The van der Waals surface area contributed by atoms with E-state index in [0.29, 0.717) is 5.41 Å². The van der Waals surface area contributed by atoms with Gasteiger partial charge in [0.25, 0.3) is 0 Å². The van der Waals surface area contributed by atoms with Crippen molar-refractivity contribution < 1.29 is 0 Å². The van der Waals surface area contributed by atoms with Gasteiger partial charge in [-0.15, -0.1) is 0 Å². The second kappa shape index (κ2) is 2.75. The highest BCUT2D eigenvalue weighted by Gasteiger charge is 2.53. The first kappa shape index (κ1) is 8.59. The van der Waals surface area contributed by atoms with E-state index in [-0.39, 0.29) is 0 Å². The minimum Gasteiger partial charge on any atom is -0.0654 e. The molecule has 0 aromatic heterocycles. The zero-order valence-corrected chi connectivity index (χ0v) is 8.77. The fourth-order valence-corrected chi connectivity index (χ4v) is 3.68. The third kappa shape index (κ3) is 1.03. The summed E-state index contributed by atoms with van der Waals surface area (Å²) in [5, 5.41) is 0. The smallest absolute Gasteiger partial charge is 0.0295 e. The zero-order chi connectivity index (χ0) is 8.77. The molecule has 3 aliphatic rings. The van der Waals surface area contributed by atoms with E-state index in [0.717, 1.165) is 17.8 Å². The van der Waals surface area contributed by atoms with Crippen molar-refractivity contribution in [2.45, 2.75) is 52.9 Å². The van der Waals surface area contributed by atoms with Gasteiger partial charge in [0.2, 0.25) is 0 Å². The highest BCUT2D eigenvalue weighted by Crippen LogP contribution is 2.62. The molecule has 0 amide bonds. The highest BCUT2D eigenvalue weighted by molar-refractivity contribution is 5.02. The Balaban J connectivity index is 2.01. The quantitative estimate of drug-likeness (QED) is 0.584. The van der Waals surface area contributed by atoms with Crippen LogP contribution >= 0.6 is 0 Å². The second-order valence-electron chi connectivity index (χ2n) is 5.49. The van der Waals surface area contributed by atoms with Crippen molar-refractivity contribution in [2.75, 3.05) is 0 Å². The molecule has 3 saturated carbocycles. The summed E-state index contributed by atoms with van der Waals surface area (Å²) in [6.07, 6.45) is 7.49. The van der Waals surface area contributed by atoms with Gasteiger partial charge in [-0.2, -0.15) is 0 Å². The summed E-state index contributed by atoms with van der Waals surface area (Å²) >= 11 is 0. The first-order valence-corrected chi connectivity index (χ1v) is 5.66. The van der Waals surface area contributed by atoms with Gasteiger partial charge >= 0.3 is 0 Å². The van der Waals surface area contributed by atoms with E-state index < -0.39 is 0 Å². The highest BCUT2D eigenvalue weighted by atomic mass is 14.6. The maximum Gasteiger partial charge on any atom is -0.0295 e. The predicted octanol–water partition coefficient (Wildman–Crippen LogP) is 3.86. The van der Waals surface area contributed by atoms with E-state index in [2.05, 4.69) is 20.8 Å². The summed E-state index contributed by atoms with van der Waals surface area (Å²) in [5.74, 6) is 3.24. The van der Waals surface area contributed by atoms with E-state index in [9.17, 15) is 0 Å². The van der Waals surface area contributed by atoms with E-state index in [4.69, 9.17) is 0 Å². The van der Waals surface area contributed by atoms with Gasteiger partial charge < -0.3 is 0 Å². The van der Waals surface area contributed by atoms with Crippen molar-refractivity contribution in [2.24, 2.45) is 23.2 Å². The van der Waals surface area contributed by atoms with Crippen LogP contribution in [0, 0.1) is 23.2 Å². The molecule has 0 unspecified atom stereocenters. The maximum atomic E-state index is 2.49. The first-order chi connectivity index (χ1) is 5.66. The topological polar surface area (TPSA) is 0 Å². The Morgan fingerprint density at radius 1 is 1.25 bits per heavy atom. The van der Waals surface area contributed by atoms with Crippen LogP contribution in [0.25, 0.3) is 0 Å². The number of hydrogen-bond acceptors (Lipinski definition) is 0. The van der Waals surface area contributed by atoms with Crippen LogP contribution in [0.2, 0.25) is 0 Å². The maximum absolute atomic E-state index is 2.49. The van der Waals surface area contributed by atoms with Gasteiger partial charge in [0.05, 0.1) is 0 Å². The molecule has 70 valence electrons. The van der Waals surface area contributed by atoms with E-state index >= 15 is 0 Å². The molecule has 3 atom stereocenters. The molecular weight excluding hydrogens is 144 g/mol. The molecule has 0 aromatic rings. The molecule has 0 saturated heterocycles. The molecule has 12 heavy (non-hydrogen) atoms. The van der Waals surface area contributed by atoms with Gasteiger partial charge in [0.1, 0.15) is 0 Å². The average molecular weight is 166 g/mol. The molecule has 0 spiro atoms. The monoisotopic (exact) mass is 166 g/mol. The molecule has 0 heterocycles. The average Bonchev–Trinajstić information content (AvgIpc) is 2.05.